The zero-order valence-electron chi connectivity index (χ0n) is 43.4. The minimum Gasteiger partial charge on any atom is -0.496 e. The number of hydrogen-bond acceptors (Lipinski definition) is 2. The second-order valence-electron chi connectivity index (χ2n) is 21.7. The summed E-state index contributed by atoms with van der Waals surface area (Å²) < 4.78 is 132. The first-order valence-electron chi connectivity index (χ1n) is 26.6. The smallest absolute Gasteiger partial charge is 0.416 e. The van der Waals surface area contributed by atoms with Crippen LogP contribution in [0.3, 0.4) is 0 Å². The van der Waals surface area contributed by atoms with E-state index in [1.807, 2.05) is 24.3 Å². The minimum atomic E-state index is -5.15. The third-order valence-electron chi connectivity index (χ3n) is 16.6. The van der Waals surface area contributed by atoms with Crippen molar-refractivity contribution < 1.29 is 44.6 Å². The fraction of sp³-hybridized carbons (Fsp3) is 0.284. The van der Waals surface area contributed by atoms with E-state index in [2.05, 4.69) is 55.5 Å². The molecule has 1 saturated carbocycles. The highest BCUT2D eigenvalue weighted by Crippen LogP contribution is 2.62. The molecule has 8 aromatic carbocycles. The van der Waals surface area contributed by atoms with Crippen LogP contribution < -0.4 is 9.47 Å². The SMILES string of the molecule is CCCCCC1CCC(c2ccc(-c3ccc(Cc4ccc(-c5cc6c7c(c8c(c6cc5OC)OC(c5ccc(F)cc5)(c5ccc(F)cc5)C=C8)C(C)(C)c5c-7cc(C(F)(F)F)cc5C(F)(F)F)cc4)cc3)cc2)CC1. The zero-order valence-corrected chi connectivity index (χ0v) is 43.4. The van der Waals surface area contributed by atoms with Gasteiger partial charge in [0.15, 0.2) is 5.60 Å². The average molecular weight is 1050 g/mol. The number of halogens is 8. The quantitative estimate of drug-likeness (QED) is 0.0897. The predicted molar refractivity (Wildman–Crippen MR) is 290 cm³/mol. The molecule has 0 radical (unpaired) electrons. The molecule has 0 aromatic heterocycles. The van der Waals surface area contributed by atoms with E-state index in [4.69, 9.17) is 9.47 Å². The van der Waals surface area contributed by atoms with Crippen molar-refractivity contribution in [3.05, 3.63) is 219 Å². The monoisotopic (exact) mass is 1050 g/mol. The second kappa shape index (κ2) is 20.0. The number of alkyl halides is 6. The average Bonchev–Trinajstić information content (AvgIpc) is 3.81. The summed E-state index contributed by atoms with van der Waals surface area (Å²) in [6.45, 7) is 5.42. The van der Waals surface area contributed by atoms with Crippen LogP contribution in [0.15, 0.2) is 152 Å². The van der Waals surface area contributed by atoms with Crippen LogP contribution in [0, 0.1) is 17.6 Å². The maximum Gasteiger partial charge on any atom is 0.416 e. The van der Waals surface area contributed by atoms with Crippen molar-refractivity contribution in [2.24, 2.45) is 5.92 Å². The van der Waals surface area contributed by atoms with Crippen molar-refractivity contribution in [3.63, 3.8) is 0 Å². The zero-order chi connectivity index (χ0) is 54.0. The predicted octanol–water partition coefficient (Wildman–Crippen LogP) is 19.6. The maximum absolute atomic E-state index is 15.2. The third kappa shape index (κ3) is 9.60. The molecule has 1 heterocycles. The number of benzene rings is 8. The Hall–Kier alpha value is -7.20. The van der Waals surface area contributed by atoms with E-state index in [-0.39, 0.29) is 28.5 Å². The topological polar surface area (TPSA) is 18.5 Å². The highest BCUT2D eigenvalue weighted by molar-refractivity contribution is 6.11. The molecule has 0 spiro atoms. The highest BCUT2D eigenvalue weighted by Gasteiger charge is 2.50. The van der Waals surface area contributed by atoms with Crippen LogP contribution in [0.2, 0.25) is 0 Å². The van der Waals surface area contributed by atoms with Crippen LogP contribution in [0.25, 0.3) is 50.2 Å². The van der Waals surface area contributed by atoms with E-state index in [0.29, 0.717) is 62.2 Å². The summed E-state index contributed by atoms with van der Waals surface area (Å²) >= 11 is 0. The first kappa shape index (κ1) is 51.9. The van der Waals surface area contributed by atoms with Gasteiger partial charge in [0, 0.05) is 33.1 Å². The Balaban J connectivity index is 0.967. The Kier molecular flexibility index (Phi) is 13.5. The molecule has 1 aliphatic heterocycles. The molecule has 3 aliphatic rings. The van der Waals surface area contributed by atoms with Gasteiger partial charge in [0.05, 0.1) is 18.2 Å². The van der Waals surface area contributed by atoms with Gasteiger partial charge in [-0.05, 0) is 160 Å². The van der Waals surface area contributed by atoms with Crippen molar-refractivity contribution in [3.8, 4) is 44.9 Å². The van der Waals surface area contributed by atoms with E-state index < -0.39 is 46.1 Å². The lowest BCUT2D eigenvalue weighted by atomic mass is 9.75. The van der Waals surface area contributed by atoms with Crippen LogP contribution in [0.5, 0.6) is 11.5 Å². The molecule has 0 N–H and O–H groups in total. The van der Waals surface area contributed by atoms with Crippen molar-refractivity contribution in [1.82, 2.24) is 0 Å². The van der Waals surface area contributed by atoms with Gasteiger partial charge in [0.1, 0.15) is 23.1 Å². The van der Waals surface area contributed by atoms with Gasteiger partial charge in [-0.25, -0.2) is 8.78 Å². The molecular formula is C67H58F8O2. The van der Waals surface area contributed by atoms with Gasteiger partial charge in [-0.2, -0.15) is 26.3 Å². The molecule has 1 fully saturated rings. The van der Waals surface area contributed by atoms with Crippen LogP contribution in [0.1, 0.15) is 134 Å². The molecule has 0 atom stereocenters. The number of hydrogen-bond donors (Lipinski definition) is 0. The van der Waals surface area contributed by atoms with Gasteiger partial charge in [-0.1, -0.05) is 150 Å². The summed E-state index contributed by atoms with van der Waals surface area (Å²) in [7, 11) is 1.49. The maximum atomic E-state index is 15.2. The molecule has 10 heteroatoms. The van der Waals surface area contributed by atoms with E-state index in [1.54, 1.807) is 38.1 Å². The summed E-state index contributed by atoms with van der Waals surface area (Å²) in [5.74, 6) is 1.04. The van der Waals surface area contributed by atoms with Gasteiger partial charge in [-0.3, -0.25) is 0 Å². The van der Waals surface area contributed by atoms with E-state index in [9.17, 15) is 22.0 Å². The summed E-state index contributed by atoms with van der Waals surface area (Å²) in [5.41, 5.74) is 2.59. The lowest BCUT2D eigenvalue weighted by molar-refractivity contribution is -0.143. The van der Waals surface area contributed by atoms with Gasteiger partial charge in [0.2, 0.25) is 0 Å². The number of methoxy groups -OCH3 is 1. The Bertz CT molecular complexity index is 3460. The first-order chi connectivity index (χ1) is 36.9. The fourth-order valence-corrected chi connectivity index (χ4v) is 12.7. The number of ether oxygens (including phenoxy) is 2. The Morgan fingerprint density at radius 3 is 1.71 bits per heavy atom. The Labute approximate surface area is 444 Å². The van der Waals surface area contributed by atoms with Crippen LogP contribution in [-0.2, 0) is 29.8 Å². The van der Waals surface area contributed by atoms with Crippen molar-refractivity contribution in [1.29, 1.82) is 0 Å². The molecule has 77 heavy (non-hydrogen) atoms. The van der Waals surface area contributed by atoms with Gasteiger partial charge >= 0.3 is 12.4 Å². The summed E-state index contributed by atoms with van der Waals surface area (Å²) in [5, 5.41) is 0.675. The molecule has 394 valence electrons. The molecule has 2 aliphatic carbocycles. The standard InChI is InChI=1S/C67H58F8O2/c1-5-6-7-8-40-9-15-43(16-10-40)45-21-23-46(24-22-45)44-17-11-41(12-18-44)35-42-13-19-47(20-14-42)54-38-55-56(39-59(54)76-4)63-53(33-34-65(77-63,48-25-29-51(68)30-26-48)49-27-31-52(69)32-28-49)62-60(55)57-36-50(66(70,71)72)37-58(67(73,74)75)61(57)64(62,2)3/h11-14,17-34,36-40,43H,5-10,15-16,35H2,1-4H3. The first-order valence-corrected chi connectivity index (χ1v) is 26.6. The fourth-order valence-electron chi connectivity index (χ4n) is 12.7. The molecular weight excluding hydrogens is 989 g/mol. The normalized spacial score (nSPS) is 17.4. The number of rotatable bonds is 12. The summed E-state index contributed by atoms with van der Waals surface area (Å²) in [4.78, 5) is 0. The van der Waals surface area contributed by atoms with Crippen LogP contribution >= 0.6 is 0 Å². The molecule has 2 nitrogen and oxygen atoms in total. The van der Waals surface area contributed by atoms with Crippen LogP contribution in [0.4, 0.5) is 35.1 Å². The van der Waals surface area contributed by atoms with Gasteiger partial charge < -0.3 is 9.47 Å². The Morgan fingerprint density at radius 2 is 1.17 bits per heavy atom. The van der Waals surface area contributed by atoms with E-state index in [0.717, 1.165) is 28.7 Å². The van der Waals surface area contributed by atoms with E-state index in [1.165, 1.54) is 118 Å². The highest BCUT2D eigenvalue weighted by atomic mass is 19.4. The second-order valence-corrected chi connectivity index (χ2v) is 21.7. The largest absolute Gasteiger partial charge is 0.496 e. The van der Waals surface area contributed by atoms with Crippen molar-refractivity contribution >= 4 is 16.8 Å². The lowest BCUT2D eigenvalue weighted by Gasteiger charge is -2.38. The van der Waals surface area contributed by atoms with Crippen molar-refractivity contribution in [2.45, 2.75) is 108 Å². The molecule has 11 rings (SSSR count). The van der Waals surface area contributed by atoms with Crippen LogP contribution in [-0.4, -0.2) is 7.11 Å². The Morgan fingerprint density at radius 1 is 0.597 bits per heavy atom. The molecule has 0 unspecified atom stereocenters. The number of fused-ring (bicyclic) bond motifs is 8. The summed E-state index contributed by atoms with van der Waals surface area (Å²) in [6.07, 6.45) is 4.24. The minimum absolute atomic E-state index is 0.192. The summed E-state index contributed by atoms with van der Waals surface area (Å²) in [6, 6.07) is 41.2. The lowest BCUT2D eigenvalue weighted by Crippen LogP contribution is -2.35. The molecule has 8 aromatic rings. The number of unbranched alkanes of at least 4 members (excludes halogenated alkanes) is 2. The van der Waals surface area contributed by atoms with Gasteiger partial charge in [0.25, 0.3) is 0 Å². The van der Waals surface area contributed by atoms with E-state index >= 15 is 13.2 Å². The van der Waals surface area contributed by atoms with Gasteiger partial charge in [-0.15, -0.1) is 0 Å². The molecule has 0 saturated heterocycles. The molecule has 0 amide bonds. The van der Waals surface area contributed by atoms with Crippen molar-refractivity contribution in [2.75, 3.05) is 7.11 Å². The molecule has 0 bridgehead atoms. The third-order valence-corrected chi connectivity index (χ3v) is 16.6.